The molecule has 2 aliphatic heterocycles. The normalized spacial score (nSPS) is 27.0. The molecule has 1 atom stereocenters. The van der Waals surface area contributed by atoms with Crippen LogP contribution in [0, 0.1) is 0 Å². The molecule has 2 fully saturated rings. The Morgan fingerprint density at radius 2 is 1.80 bits per heavy atom. The van der Waals surface area contributed by atoms with E-state index in [0.29, 0.717) is 6.42 Å². The Labute approximate surface area is 118 Å². The van der Waals surface area contributed by atoms with Gasteiger partial charge in [-0.3, -0.25) is 19.4 Å². The summed E-state index contributed by atoms with van der Waals surface area (Å²) < 4.78 is 0. The molecule has 1 saturated carbocycles. The maximum absolute atomic E-state index is 12.5. The Balaban J connectivity index is 1.55. The fourth-order valence-electron chi connectivity index (χ4n) is 3.42. The van der Waals surface area contributed by atoms with Crippen molar-refractivity contribution >= 4 is 11.8 Å². The summed E-state index contributed by atoms with van der Waals surface area (Å²) in [7, 11) is 0. The number of carbonyl (C=O) groups excluding carboxylic acids is 2. The predicted molar refractivity (Wildman–Crippen MR) is 73.8 cm³/mol. The summed E-state index contributed by atoms with van der Waals surface area (Å²) in [5, 5.41) is 0. The number of benzene rings is 1. The van der Waals surface area contributed by atoms with Crippen molar-refractivity contribution in [1.29, 1.82) is 0 Å². The lowest BCUT2D eigenvalue weighted by atomic mass is 9.98. The smallest absolute Gasteiger partial charge is 0.247 e. The highest BCUT2D eigenvalue weighted by Crippen LogP contribution is 2.34. The first kappa shape index (κ1) is 12.1. The van der Waals surface area contributed by atoms with Gasteiger partial charge in [-0.2, -0.15) is 0 Å². The third-order valence-corrected chi connectivity index (χ3v) is 4.67. The minimum Gasteiger partial charge on any atom is -0.287 e. The van der Waals surface area contributed by atoms with Crippen LogP contribution in [-0.4, -0.2) is 40.2 Å². The summed E-state index contributed by atoms with van der Waals surface area (Å²) in [6.45, 7) is 1.66. The molecule has 0 aromatic heterocycles. The number of carbonyl (C=O) groups is 2. The maximum Gasteiger partial charge on any atom is 0.247 e. The first-order valence-corrected chi connectivity index (χ1v) is 7.41. The summed E-state index contributed by atoms with van der Waals surface area (Å²) in [5.74, 6) is 0.0678. The lowest BCUT2D eigenvalue weighted by Gasteiger charge is -2.32. The first-order valence-electron chi connectivity index (χ1n) is 7.41. The summed E-state index contributed by atoms with van der Waals surface area (Å²) in [5.41, 5.74) is 2.67. The van der Waals surface area contributed by atoms with Crippen molar-refractivity contribution in [3.05, 3.63) is 35.4 Å². The molecule has 4 rings (SSSR count). The number of nitrogens with zero attached hydrogens (tertiary/aromatic N) is 2. The molecule has 4 nitrogen and oxygen atoms in total. The Hall–Kier alpha value is -1.68. The van der Waals surface area contributed by atoms with E-state index >= 15 is 0 Å². The van der Waals surface area contributed by atoms with Crippen LogP contribution < -0.4 is 0 Å². The average molecular weight is 270 g/mol. The van der Waals surface area contributed by atoms with Gasteiger partial charge >= 0.3 is 0 Å². The van der Waals surface area contributed by atoms with Gasteiger partial charge in [0.2, 0.25) is 11.8 Å². The van der Waals surface area contributed by atoms with Gasteiger partial charge in [-0.15, -0.1) is 0 Å². The second-order valence-corrected chi connectivity index (χ2v) is 6.04. The summed E-state index contributed by atoms with van der Waals surface area (Å²) in [4.78, 5) is 28.2. The van der Waals surface area contributed by atoms with E-state index in [1.807, 2.05) is 6.07 Å². The van der Waals surface area contributed by atoms with Gasteiger partial charge in [0.25, 0.3) is 0 Å². The zero-order chi connectivity index (χ0) is 13.7. The zero-order valence-electron chi connectivity index (χ0n) is 11.4. The van der Waals surface area contributed by atoms with Crippen LogP contribution in [0.2, 0.25) is 0 Å². The van der Waals surface area contributed by atoms with Gasteiger partial charge in [-0.25, -0.2) is 0 Å². The Morgan fingerprint density at radius 3 is 2.55 bits per heavy atom. The van der Waals surface area contributed by atoms with Gasteiger partial charge in [0.15, 0.2) is 0 Å². The van der Waals surface area contributed by atoms with Gasteiger partial charge in [-0.1, -0.05) is 24.3 Å². The van der Waals surface area contributed by atoms with Gasteiger partial charge < -0.3 is 0 Å². The van der Waals surface area contributed by atoms with E-state index in [2.05, 4.69) is 23.1 Å². The van der Waals surface area contributed by atoms with Crippen molar-refractivity contribution in [2.75, 3.05) is 6.54 Å². The molecular formula is C16H18N2O2. The number of hydrogen-bond acceptors (Lipinski definition) is 3. The summed E-state index contributed by atoms with van der Waals surface area (Å²) >= 11 is 0. The highest BCUT2D eigenvalue weighted by Gasteiger charge is 2.48. The van der Waals surface area contributed by atoms with Crippen molar-refractivity contribution in [3.63, 3.8) is 0 Å². The number of fused-ring (bicyclic) bond motifs is 1. The van der Waals surface area contributed by atoms with Crippen molar-refractivity contribution in [3.8, 4) is 0 Å². The molecule has 0 N–H and O–H groups in total. The standard InChI is InChI=1S/C16H18N2O2/c19-15-9-14(16(20)18(15)13-5-6-13)17-8-7-11-3-1-2-4-12(11)10-17/h1-4,13-14H,5-10H2. The number of hydrogen-bond donors (Lipinski definition) is 0. The molecule has 20 heavy (non-hydrogen) atoms. The zero-order valence-corrected chi connectivity index (χ0v) is 11.4. The molecule has 0 radical (unpaired) electrons. The number of amides is 2. The number of rotatable bonds is 2. The molecule has 1 aromatic carbocycles. The minimum absolute atomic E-state index is 0.0290. The molecular weight excluding hydrogens is 252 g/mol. The lowest BCUT2D eigenvalue weighted by Crippen LogP contribution is -2.44. The molecule has 1 aliphatic carbocycles. The van der Waals surface area contributed by atoms with Crippen LogP contribution in [0.25, 0.3) is 0 Å². The largest absolute Gasteiger partial charge is 0.287 e. The van der Waals surface area contributed by atoms with E-state index in [1.165, 1.54) is 16.0 Å². The van der Waals surface area contributed by atoms with Gasteiger partial charge in [0.05, 0.1) is 12.5 Å². The predicted octanol–water partition coefficient (Wildman–Crippen LogP) is 1.33. The van der Waals surface area contributed by atoms with Crippen LogP contribution in [0.1, 0.15) is 30.4 Å². The van der Waals surface area contributed by atoms with Crippen molar-refractivity contribution < 1.29 is 9.59 Å². The van der Waals surface area contributed by atoms with Crippen LogP contribution in [0.3, 0.4) is 0 Å². The SMILES string of the molecule is O=C1CC(N2CCc3ccccc3C2)C(=O)N1C1CC1. The Bertz CT molecular complexity index is 580. The molecule has 1 aromatic rings. The highest BCUT2D eigenvalue weighted by molar-refractivity contribution is 6.06. The molecule has 2 heterocycles. The topological polar surface area (TPSA) is 40.6 Å². The number of likely N-dealkylation sites (tertiary alicyclic amines) is 1. The molecule has 2 amide bonds. The fraction of sp³-hybridized carbons (Fsp3) is 0.500. The van der Waals surface area contributed by atoms with Crippen LogP contribution in [0.15, 0.2) is 24.3 Å². The molecule has 1 saturated heterocycles. The van der Waals surface area contributed by atoms with Crippen LogP contribution in [-0.2, 0) is 22.6 Å². The molecule has 104 valence electrons. The van der Waals surface area contributed by atoms with E-state index in [1.54, 1.807) is 0 Å². The monoisotopic (exact) mass is 270 g/mol. The number of imide groups is 1. The summed E-state index contributed by atoms with van der Waals surface area (Å²) in [6, 6.07) is 8.37. The van der Waals surface area contributed by atoms with Crippen molar-refractivity contribution in [1.82, 2.24) is 9.80 Å². The quantitative estimate of drug-likeness (QED) is 0.761. The Morgan fingerprint density at radius 1 is 1.05 bits per heavy atom. The third kappa shape index (κ3) is 1.86. The van der Waals surface area contributed by atoms with Crippen LogP contribution in [0.4, 0.5) is 0 Å². The van der Waals surface area contributed by atoms with Crippen molar-refractivity contribution in [2.24, 2.45) is 0 Å². The molecule has 0 spiro atoms. The van der Waals surface area contributed by atoms with Gasteiger partial charge in [-0.05, 0) is 30.4 Å². The van der Waals surface area contributed by atoms with E-state index in [4.69, 9.17) is 0 Å². The van der Waals surface area contributed by atoms with Gasteiger partial charge in [0, 0.05) is 19.1 Å². The van der Waals surface area contributed by atoms with E-state index in [-0.39, 0.29) is 23.9 Å². The second-order valence-electron chi connectivity index (χ2n) is 6.04. The van der Waals surface area contributed by atoms with Crippen LogP contribution in [0.5, 0.6) is 0 Å². The first-order chi connectivity index (χ1) is 9.74. The van der Waals surface area contributed by atoms with E-state index < -0.39 is 0 Å². The molecule has 3 aliphatic rings. The van der Waals surface area contributed by atoms with Crippen molar-refractivity contribution in [2.45, 2.75) is 44.3 Å². The highest BCUT2D eigenvalue weighted by atomic mass is 16.2. The third-order valence-electron chi connectivity index (χ3n) is 4.67. The molecule has 0 bridgehead atoms. The average Bonchev–Trinajstić information content (AvgIpc) is 3.24. The van der Waals surface area contributed by atoms with Gasteiger partial charge in [0.1, 0.15) is 0 Å². The fourth-order valence-corrected chi connectivity index (χ4v) is 3.42. The molecule has 1 unspecified atom stereocenters. The second kappa shape index (κ2) is 4.42. The van der Waals surface area contributed by atoms with E-state index in [9.17, 15) is 9.59 Å². The molecule has 4 heteroatoms. The van der Waals surface area contributed by atoms with E-state index in [0.717, 1.165) is 32.4 Å². The maximum atomic E-state index is 12.5. The lowest BCUT2D eigenvalue weighted by molar-refractivity contribution is -0.140. The summed E-state index contributed by atoms with van der Waals surface area (Å²) in [6.07, 6.45) is 3.33. The van der Waals surface area contributed by atoms with Crippen LogP contribution >= 0.6 is 0 Å². The Kier molecular flexibility index (Phi) is 2.67. The minimum atomic E-state index is -0.226.